The molecular weight excluding hydrogens is 113 g/mol. The van der Waals surface area contributed by atoms with E-state index in [2.05, 4.69) is 0 Å². The molecule has 0 saturated heterocycles. The molecule has 0 amide bonds. The van der Waals surface area contributed by atoms with E-state index in [1.165, 1.54) is 13.2 Å². The van der Waals surface area contributed by atoms with Crippen LogP contribution in [0.3, 0.4) is 0 Å². The van der Waals surface area contributed by atoms with Gasteiger partial charge in [0.05, 0.1) is 0 Å². The van der Waals surface area contributed by atoms with Crippen LogP contribution in [0.25, 0.3) is 0 Å². The zero-order chi connectivity index (χ0) is 2.71. The van der Waals surface area contributed by atoms with Crippen molar-refractivity contribution in [1.82, 2.24) is 0 Å². The Kier molecular flexibility index (Phi) is 23.7. The summed E-state index contributed by atoms with van der Waals surface area (Å²) in [7, 11) is 0. The van der Waals surface area contributed by atoms with Crippen LogP contribution < -0.4 is 0 Å². The molecule has 0 aliphatic heterocycles. The fraction of sp³-hybridized carbons (Fsp3) is 0.500. The van der Waals surface area contributed by atoms with E-state index in [9.17, 15) is 0 Å². The Bertz CT molecular complexity index is 13.5. The summed E-state index contributed by atoms with van der Waals surface area (Å²) in [6.45, 7) is 1.32. The Morgan fingerprint density at radius 1 is 1.75 bits per heavy atom. The number of hydrogen-bond acceptors (Lipinski definition) is 1. The normalized spacial score (nSPS) is 3.25. The zero-order valence-electron chi connectivity index (χ0n) is 1.91. The summed E-state index contributed by atoms with van der Waals surface area (Å²) in [5.41, 5.74) is 0. The fourth-order valence-electron chi connectivity index (χ4n) is 0. The van der Waals surface area contributed by atoms with Crippen molar-refractivity contribution in [2.24, 2.45) is 0 Å². The standard InChI is InChI=1S/C2H3O.GeH4/c1-2-3;/h1H3;1H4. The van der Waals surface area contributed by atoms with Gasteiger partial charge in [-0.1, -0.05) is 0 Å². The second-order valence-electron chi connectivity index (χ2n) is 0.204. The van der Waals surface area contributed by atoms with Gasteiger partial charge in [0.25, 0.3) is 0 Å². The Hall–Kier alpha value is 0.213. The van der Waals surface area contributed by atoms with Crippen molar-refractivity contribution in [1.29, 1.82) is 0 Å². The number of carbonyl (C=O) groups excluding carboxylic acids is 1. The van der Waals surface area contributed by atoms with Crippen LogP contribution in [0.4, 0.5) is 0 Å². The molecule has 0 N–H and O–H groups in total. The van der Waals surface area contributed by atoms with Gasteiger partial charge in [0.1, 0.15) is 0 Å². The Balaban J connectivity index is 0. The molecule has 0 atom stereocenters. The molecule has 1 nitrogen and oxygen atoms in total. The quantitative estimate of drug-likeness (QED) is 0.361. The van der Waals surface area contributed by atoms with E-state index in [4.69, 9.17) is 4.79 Å². The van der Waals surface area contributed by atoms with Crippen molar-refractivity contribution in [3.63, 3.8) is 0 Å². The van der Waals surface area contributed by atoms with Gasteiger partial charge in [0, 0.05) is 6.92 Å². The van der Waals surface area contributed by atoms with Crippen LogP contribution in [0.15, 0.2) is 0 Å². The van der Waals surface area contributed by atoms with E-state index < -0.39 is 0 Å². The average molecular weight is 120 g/mol. The predicted octanol–water partition coefficient (Wildman–Crippen LogP) is -1.34. The van der Waals surface area contributed by atoms with E-state index in [0.717, 1.165) is 0 Å². The minimum absolute atomic E-state index is 0. The molecule has 0 aromatic carbocycles. The summed E-state index contributed by atoms with van der Waals surface area (Å²) in [6.07, 6.45) is 1.50. The molecule has 0 aliphatic carbocycles. The van der Waals surface area contributed by atoms with E-state index in [-0.39, 0.29) is 17.6 Å². The van der Waals surface area contributed by atoms with Gasteiger partial charge in [-0.3, -0.25) is 4.79 Å². The molecule has 2 heteroatoms. The van der Waals surface area contributed by atoms with Crippen molar-refractivity contribution >= 4 is 23.9 Å². The Morgan fingerprint density at radius 2 is 1.75 bits per heavy atom. The van der Waals surface area contributed by atoms with Gasteiger partial charge < -0.3 is 0 Å². The molecule has 0 aromatic rings. The maximum absolute atomic E-state index is 8.68. The molecule has 0 saturated carbocycles. The van der Waals surface area contributed by atoms with Crippen LogP contribution in [-0.4, -0.2) is 23.9 Å². The maximum atomic E-state index is 8.68. The monoisotopic (exact) mass is 121 g/mol. The molecule has 0 bridgehead atoms. The van der Waals surface area contributed by atoms with Crippen LogP contribution in [0.2, 0.25) is 0 Å². The van der Waals surface area contributed by atoms with Crippen molar-refractivity contribution in [2.45, 2.75) is 6.92 Å². The molecule has 0 aliphatic rings. The molecule has 1 radical (unpaired) electrons. The van der Waals surface area contributed by atoms with E-state index >= 15 is 0 Å². The minimum atomic E-state index is 0. The summed E-state index contributed by atoms with van der Waals surface area (Å²) in [6, 6.07) is 0. The van der Waals surface area contributed by atoms with Gasteiger partial charge in [-0.05, 0) is 0 Å². The van der Waals surface area contributed by atoms with E-state index in [1.54, 1.807) is 0 Å². The van der Waals surface area contributed by atoms with Crippen molar-refractivity contribution in [2.75, 3.05) is 0 Å². The topological polar surface area (TPSA) is 17.1 Å². The third-order valence-corrected chi connectivity index (χ3v) is 0. The van der Waals surface area contributed by atoms with Crippen molar-refractivity contribution in [3.8, 4) is 0 Å². The first kappa shape index (κ1) is 8.88. The van der Waals surface area contributed by atoms with Crippen LogP contribution in [0.1, 0.15) is 6.92 Å². The molecule has 0 fully saturated rings. The first-order valence-corrected chi connectivity index (χ1v) is 0.704. The Labute approximate surface area is 36.4 Å². The summed E-state index contributed by atoms with van der Waals surface area (Å²) in [5.74, 6) is 0. The molecule has 0 heterocycles. The molecule has 0 aromatic heterocycles. The molecule has 0 rings (SSSR count). The second kappa shape index (κ2) is 10.7. The first-order valence-electron chi connectivity index (χ1n) is 0.704. The predicted molar refractivity (Wildman–Crippen MR) is 22.7 cm³/mol. The summed E-state index contributed by atoms with van der Waals surface area (Å²) in [5, 5.41) is 0. The number of hydrogen-bond donors (Lipinski definition) is 0. The van der Waals surface area contributed by atoms with Crippen LogP contribution >= 0.6 is 0 Å². The average Bonchev–Trinajstić information content (AvgIpc) is 0.918. The van der Waals surface area contributed by atoms with Gasteiger partial charge in [-0.15, -0.1) is 0 Å². The van der Waals surface area contributed by atoms with E-state index in [1.807, 2.05) is 0 Å². The van der Waals surface area contributed by atoms with Crippen molar-refractivity contribution in [3.05, 3.63) is 0 Å². The third kappa shape index (κ3) is 71.8. The third-order valence-electron chi connectivity index (χ3n) is 0. The molecule has 4 heavy (non-hydrogen) atoms. The van der Waals surface area contributed by atoms with Crippen LogP contribution in [0, 0.1) is 0 Å². The van der Waals surface area contributed by atoms with E-state index in [0.29, 0.717) is 0 Å². The number of rotatable bonds is 0. The molecule has 0 spiro atoms. The second-order valence-corrected chi connectivity index (χ2v) is 0.204. The van der Waals surface area contributed by atoms with Gasteiger partial charge in [-0.25, -0.2) is 0 Å². The van der Waals surface area contributed by atoms with Crippen LogP contribution in [-0.2, 0) is 4.79 Å². The summed E-state index contributed by atoms with van der Waals surface area (Å²) >= 11 is 0. The van der Waals surface area contributed by atoms with Crippen LogP contribution in [0.5, 0.6) is 0 Å². The van der Waals surface area contributed by atoms with Gasteiger partial charge in [0.2, 0.25) is 0 Å². The Morgan fingerprint density at radius 3 is 1.75 bits per heavy atom. The summed E-state index contributed by atoms with van der Waals surface area (Å²) < 4.78 is 0. The fourth-order valence-corrected chi connectivity index (χ4v) is 0. The molecule has 0 unspecified atom stereocenters. The SMILES string of the molecule is C[C]=O.[GeH4]. The zero-order valence-corrected chi connectivity index (χ0v) is 1.91. The van der Waals surface area contributed by atoms with Crippen molar-refractivity contribution < 1.29 is 4.79 Å². The molecular formula is C2H7GeO. The van der Waals surface area contributed by atoms with Gasteiger partial charge >= 0.3 is 17.6 Å². The van der Waals surface area contributed by atoms with Gasteiger partial charge in [-0.2, -0.15) is 0 Å². The summed E-state index contributed by atoms with van der Waals surface area (Å²) in [4.78, 5) is 8.68. The van der Waals surface area contributed by atoms with Gasteiger partial charge in [0.15, 0.2) is 6.29 Å². The first-order chi connectivity index (χ1) is 1.41. The molecule has 25 valence electrons.